The number of rotatable bonds is 12. The van der Waals surface area contributed by atoms with Crippen LogP contribution in [0.5, 0.6) is 5.88 Å². The maximum absolute atomic E-state index is 15.2. The average Bonchev–Trinajstić information content (AvgIpc) is 3.02. The third-order valence-corrected chi connectivity index (χ3v) is 8.71. The van der Waals surface area contributed by atoms with Crippen molar-refractivity contribution in [1.82, 2.24) is 20.6 Å². The zero-order chi connectivity index (χ0) is 32.8. The van der Waals surface area contributed by atoms with Gasteiger partial charge in [-0.15, -0.1) is 0 Å². The molecule has 1 aromatic carbocycles. The molecular weight excluding hydrogens is 591 g/mol. The van der Waals surface area contributed by atoms with Crippen molar-refractivity contribution in [3.63, 3.8) is 0 Å². The number of aryl methyl sites for hydroxylation is 1. The van der Waals surface area contributed by atoms with Crippen LogP contribution in [0.25, 0.3) is 11.0 Å². The van der Waals surface area contributed by atoms with E-state index in [1.54, 1.807) is 12.1 Å². The first-order valence-corrected chi connectivity index (χ1v) is 16.2. The van der Waals surface area contributed by atoms with Crippen LogP contribution in [0.4, 0.5) is 14.0 Å². The van der Waals surface area contributed by atoms with Crippen LogP contribution in [0.3, 0.4) is 0 Å². The molecular formula is C35H45FN4O6. The molecule has 6 rings (SSSR count). The molecule has 11 heteroatoms. The van der Waals surface area contributed by atoms with Gasteiger partial charge in [-0.05, 0) is 77.3 Å². The van der Waals surface area contributed by atoms with Gasteiger partial charge in [0.25, 0.3) is 0 Å². The van der Waals surface area contributed by atoms with Gasteiger partial charge in [-0.2, -0.15) is 0 Å². The first-order valence-electron chi connectivity index (χ1n) is 16.2. The molecule has 2 bridgehead atoms. The fourth-order valence-electron chi connectivity index (χ4n) is 6.18. The molecule has 3 aromatic rings. The highest BCUT2D eigenvalue weighted by Gasteiger charge is 2.50. The van der Waals surface area contributed by atoms with Crippen molar-refractivity contribution in [2.75, 3.05) is 13.2 Å². The second-order valence-corrected chi connectivity index (χ2v) is 13.5. The van der Waals surface area contributed by atoms with Gasteiger partial charge in [0.1, 0.15) is 24.6 Å². The fourth-order valence-corrected chi connectivity index (χ4v) is 6.18. The lowest BCUT2D eigenvalue weighted by atomic mass is 9.69. The lowest BCUT2D eigenvalue weighted by Crippen LogP contribution is -2.63. The molecule has 3 aliphatic rings. The van der Waals surface area contributed by atoms with Crippen molar-refractivity contribution in [1.29, 1.82) is 0 Å². The molecule has 10 nitrogen and oxygen atoms in total. The van der Waals surface area contributed by atoms with Crippen LogP contribution in [-0.2, 0) is 27.2 Å². The van der Waals surface area contributed by atoms with E-state index in [0.29, 0.717) is 48.3 Å². The van der Waals surface area contributed by atoms with Crippen LogP contribution in [0.2, 0.25) is 0 Å². The smallest absolute Gasteiger partial charge is 0.408 e. The van der Waals surface area contributed by atoms with Gasteiger partial charge in [0.05, 0.1) is 41.0 Å². The van der Waals surface area contributed by atoms with E-state index in [9.17, 15) is 9.59 Å². The van der Waals surface area contributed by atoms with Crippen molar-refractivity contribution in [3.8, 4) is 5.88 Å². The molecule has 2 amide bonds. The molecule has 1 atom stereocenters. The number of carbonyl (C=O) groups is 2. The summed E-state index contributed by atoms with van der Waals surface area (Å²) in [6.07, 6.45) is 5.90. The van der Waals surface area contributed by atoms with Crippen LogP contribution < -0.4 is 15.4 Å². The number of alkyl carbamates (subject to hydrolysis) is 2. The Bertz CT molecular complexity index is 1490. The van der Waals surface area contributed by atoms with Gasteiger partial charge in [0, 0.05) is 11.6 Å². The second kappa shape index (κ2) is 14.2. The molecule has 1 saturated carbocycles. The van der Waals surface area contributed by atoms with Gasteiger partial charge < -0.3 is 29.6 Å². The van der Waals surface area contributed by atoms with E-state index in [4.69, 9.17) is 18.9 Å². The molecule has 0 radical (unpaired) electrons. The third kappa shape index (κ3) is 8.63. The molecule has 4 heterocycles. The number of halogens is 1. The molecule has 2 saturated heterocycles. The minimum Gasteiger partial charge on any atom is -0.475 e. The largest absolute Gasteiger partial charge is 0.475 e. The summed E-state index contributed by atoms with van der Waals surface area (Å²) in [6, 6.07) is 12.7. The summed E-state index contributed by atoms with van der Waals surface area (Å²) in [7, 11) is 0. The monoisotopic (exact) mass is 636 g/mol. The molecule has 2 aromatic heterocycles. The van der Waals surface area contributed by atoms with E-state index in [0.717, 1.165) is 37.7 Å². The lowest BCUT2D eigenvalue weighted by Gasteiger charge is -2.53. The third-order valence-electron chi connectivity index (χ3n) is 8.71. The van der Waals surface area contributed by atoms with E-state index in [1.165, 1.54) is 6.20 Å². The summed E-state index contributed by atoms with van der Waals surface area (Å²) < 4.78 is 38.4. The fraction of sp³-hybridized carbons (Fsp3) is 0.543. The number of nitrogens with one attached hydrogen (secondary N) is 2. The number of pyridine rings is 2. The Kier molecular flexibility index (Phi) is 10.3. The number of hydrogen-bond donors (Lipinski definition) is 2. The first kappa shape index (κ1) is 33.4. The predicted molar refractivity (Wildman–Crippen MR) is 171 cm³/mol. The Hall–Kier alpha value is -3.99. The minimum atomic E-state index is -0.574. The number of ether oxygens (including phenoxy) is 4. The maximum atomic E-state index is 15.2. The lowest BCUT2D eigenvalue weighted by molar-refractivity contribution is -0.163. The number of benzene rings is 1. The summed E-state index contributed by atoms with van der Waals surface area (Å²) in [4.78, 5) is 33.8. The van der Waals surface area contributed by atoms with Gasteiger partial charge in [-0.1, -0.05) is 43.7 Å². The topological polar surface area (TPSA) is 121 Å². The SMILES string of the molecule is CCCC(COc1ccc2ncc(F)c(CCC34CCC(NC(=O)OC(C)(C)C)(CC3)CO4)c2n1)NC(=O)OCc1ccccc1. The predicted octanol–water partition coefficient (Wildman–Crippen LogP) is 6.78. The summed E-state index contributed by atoms with van der Waals surface area (Å²) in [5.74, 6) is -0.0998. The molecule has 2 aliphatic heterocycles. The Morgan fingerprint density at radius 2 is 1.83 bits per heavy atom. The van der Waals surface area contributed by atoms with Crippen molar-refractivity contribution in [3.05, 3.63) is 65.6 Å². The number of aromatic nitrogens is 2. The number of nitrogens with zero attached hydrogens (tertiary/aromatic N) is 2. The Morgan fingerprint density at radius 1 is 1.07 bits per heavy atom. The van der Waals surface area contributed by atoms with Gasteiger partial charge in [0.15, 0.2) is 0 Å². The summed E-state index contributed by atoms with van der Waals surface area (Å²) >= 11 is 0. The molecule has 2 N–H and O–H groups in total. The number of hydrogen-bond acceptors (Lipinski definition) is 8. The van der Waals surface area contributed by atoms with Crippen LogP contribution >= 0.6 is 0 Å². The molecule has 248 valence electrons. The number of amides is 2. The van der Waals surface area contributed by atoms with Gasteiger partial charge in [-0.25, -0.2) is 19.0 Å². The van der Waals surface area contributed by atoms with E-state index < -0.39 is 29.1 Å². The van der Waals surface area contributed by atoms with E-state index in [-0.39, 0.29) is 24.9 Å². The van der Waals surface area contributed by atoms with Gasteiger partial charge >= 0.3 is 12.2 Å². The van der Waals surface area contributed by atoms with Crippen molar-refractivity contribution >= 4 is 23.2 Å². The van der Waals surface area contributed by atoms with Crippen molar-refractivity contribution in [2.45, 2.75) is 108 Å². The summed E-state index contributed by atoms with van der Waals surface area (Å²) in [5, 5.41) is 5.93. The van der Waals surface area contributed by atoms with E-state index >= 15 is 4.39 Å². The Morgan fingerprint density at radius 3 is 2.50 bits per heavy atom. The molecule has 1 aliphatic carbocycles. The maximum Gasteiger partial charge on any atom is 0.408 e. The van der Waals surface area contributed by atoms with Crippen molar-refractivity contribution in [2.24, 2.45) is 0 Å². The number of fused-ring (bicyclic) bond motifs is 4. The summed E-state index contributed by atoms with van der Waals surface area (Å²) in [5.41, 5.74) is 0.994. The van der Waals surface area contributed by atoms with E-state index in [2.05, 4.69) is 20.6 Å². The highest BCUT2D eigenvalue weighted by atomic mass is 19.1. The number of carbonyl (C=O) groups excluding carboxylic acids is 2. The highest BCUT2D eigenvalue weighted by Crippen LogP contribution is 2.46. The zero-order valence-corrected chi connectivity index (χ0v) is 27.2. The van der Waals surface area contributed by atoms with E-state index in [1.807, 2.05) is 58.0 Å². The highest BCUT2D eigenvalue weighted by molar-refractivity contribution is 5.78. The molecule has 1 unspecified atom stereocenters. The Labute approximate surface area is 269 Å². The minimum absolute atomic E-state index is 0.177. The Balaban J connectivity index is 1.19. The van der Waals surface area contributed by atoms with Crippen LogP contribution in [-0.4, -0.2) is 58.2 Å². The zero-order valence-electron chi connectivity index (χ0n) is 27.2. The summed E-state index contributed by atoms with van der Waals surface area (Å²) in [6.45, 7) is 8.30. The van der Waals surface area contributed by atoms with Crippen molar-refractivity contribution < 1.29 is 32.9 Å². The first-order chi connectivity index (χ1) is 22.0. The van der Waals surface area contributed by atoms with Crippen LogP contribution in [0.15, 0.2) is 48.7 Å². The molecule has 0 spiro atoms. The van der Waals surface area contributed by atoms with Crippen LogP contribution in [0.1, 0.15) is 83.8 Å². The quantitative estimate of drug-likeness (QED) is 0.223. The average molecular weight is 637 g/mol. The van der Waals surface area contributed by atoms with Gasteiger partial charge in [0.2, 0.25) is 5.88 Å². The molecule has 3 fully saturated rings. The standard InChI is InChI=1S/C35H45FN4O6/c1-5-9-25(38-31(41)44-21-24-10-7-6-8-11-24)22-43-29-13-12-28-30(39-29)26(27(36)20-37-28)14-15-35-18-16-34(17-19-35,23-45-35)40-32(42)46-33(2,3)4/h6-8,10-13,20,25H,5,9,14-19,21-23H2,1-4H3,(H,38,41)(H,40,42). The van der Waals surface area contributed by atoms with Gasteiger partial charge in [-0.3, -0.25) is 4.98 Å². The second-order valence-electron chi connectivity index (χ2n) is 13.5. The molecule has 46 heavy (non-hydrogen) atoms. The normalized spacial score (nSPS) is 21.4. The van der Waals surface area contributed by atoms with Crippen LogP contribution in [0, 0.1) is 5.82 Å².